The molecule has 104 valence electrons. The number of rotatable bonds is 4. The number of fused-ring (bicyclic) bond motifs is 1. The van der Waals surface area contributed by atoms with E-state index in [4.69, 9.17) is 0 Å². The van der Waals surface area contributed by atoms with Gasteiger partial charge in [-0.25, -0.2) is 0 Å². The summed E-state index contributed by atoms with van der Waals surface area (Å²) in [5.41, 5.74) is 0.351. The second-order valence-corrected chi connectivity index (χ2v) is 5.25. The normalized spacial score (nSPS) is 16.6. The molecule has 1 aliphatic rings. The zero-order valence-electron chi connectivity index (χ0n) is 11.1. The van der Waals surface area contributed by atoms with Crippen LogP contribution in [0.5, 0.6) is 0 Å². The number of benzene rings is 1. The summed E-state index contributed by atoms with van der Waals surface area (Å²) >= 11 is 0. The van der Waals surface area contributed by atoms with Crippen molar-refractivity contribution in [3.8, 4) is 0 Å². The summed E-state index contributed by atoms with van der Waals surface area (Å²) in [4.78, 5) is 12.1. The number of nitrogens with zero attached hydrogens (tertiary/aromatic N) is 2. The topological polar surface area (TPSA) is 67.2 Å². The van der Waals surface area contributed by atoms with Crippen LogP contribution in [-0.4, -0.2) is 32.9 Å². The van der Waals surface area contributed by atoms with E-state index >= 15 is 0 Å². The molecule has 0 saturated carbocycles. The molecule has 2 aromatic rings. The van der Waals surface area contributed by atoms with Crippen LogP contribution in [0.4, 0.5) is 0 Å². The minimum atomic E-state index is -0.524. The molecule has 1 heterocycles. The Kier molecular flexibility index (Phi) is 3.28. The molecule has 0 aliphatic heterocycles. The quantitative estimate of drug-likeness (QED) is 0.822. The molecule has 5 nitrogen and oxygen atoms in total. The summed E-state index contributed by atoms with van der Waals surface area (Å²) in [5, 5.41) is 17.8. The fraction of sp³-hybridized carbons (Fsp3) is 0.333. The molecule has 1 aromatic carbocycles. The van der Waals surface area contributed by atoms with Crippen molar-refractivity contribution in [3.63, 3.8) is 0 Å². The SMILES string of the molecule is O=C(Cn1cc2ccccc2n1)NC1(CO)CC=CC1. The van der Waals surface area contributed by atoms with Gasteiger partial charge in [0.25, 0.3) is 0 Å². The van der Waals surface area contributed by atoms with E-state index in [9.17, 15) is 9.90 Å². The second kappa shape index (κ2) is 5.09. The van der Waals surface area contributed by atoms with Crippen LogP contribution in [0.25, 0.3) is 10.9 Å². The highest BCUT2D eigenvalue weighted by Gasteiger charge is 2.31. The van der Waals surface area contributed by atoms with E-state index in [0.29, 0.717) is 12.8 Å². The lowest BCUT2D eigenvalue weighted by molar-refractivity contribution is -0.124. The number of amides is 1. The number of hydrogen-bond acceptors (Lipinski definition) is 3. The molecule has 0 saturated heterocycles. The molecule has 0 atom stereocenters. The third-order valence-electron chi connectivity index (χ3n) is 3.66. The van der Waals surface area contributed by atoms with Gasteiger partial charge in [-0.15, -0.1) is 0 Å². The van der Waals surface area contributed by atoms with Crippen molar-refractivity contribution in [1.82, 2.24) is 15.1 Å². The van der Waals surface area contributed by atoms with Crippen LogP contribution < -0.4 is 5.32 Å². The second-order valence-electron chi connectivity index (χ2n) is 5.25. The summed E-state index contributed by atoms with van der Waals surface area (Å²) in [6, 6.07) is 7.75. The van der Waals surface area contributed by atoms with Gasteiger partial charge in [-0.2, -0.15) is 5.10 Å². The molecule has 3 rings (SSSR count). The summed E-state index contributed by atoms with van der Waals surface area (Å²) in [6.07, 6.45) is 7.18. The highest BCUT2D eigenvalue weighted by atomic mass is 16.3. The number of aromatic nitrogens is 2. The van der Waals surface area contributed by atoms with Gasteiger partial charge in [0, 0.05) is 11.6 Å². The Morgan fingerprint density at radius 1 is 1.35 bits per heavy atom. The van der Waals surface area contributed by atoms with Gasteiger partial charge < -0.3 is 10.4 Å². The van der Waals surface area contributed by atoms with Gasteiger partial charge in [0.2, 0.25) is 5.91 Å². The van der Waals surface area contributed by atoms with Crippen LogP contribution >= 0.6 is 0 Å². The lowest BCUT2D eigenvalue weighted by Crippen LogP contribution is -2.50. The van der Waals surface area contributed by atoms with Crippen LogP contribution in [0.15, 0.2) is 42.6 Å². The van der Waals surface area contributed by atoms with Crippen molar-refractivity contribution in [2.45, 2.75) is 24.9 Å². The van der Waals surface area contributed by atoms with Gasteiger partial charge >= 0.3 is 0 Å². The maximum atomic E-state index is 12.1. The third-order valence-corrected chi connectivity index (χ3v) is 3.66. The van der Waals surface area contributed by atoms with Gasteiger partial charge in [-0.3, -0.25) is 9.48 Å². The van der Waals surface area contributed by atoms with Crippen molar-refractivity contribution in [3.05, 3.63) is 42.6 Å². The zero-order valence-corrected chi connectivity index (χ0v) is 11.1. The Bertz CT molecular complexity index is 619. The fourth-order valence-corrected chi connectivity index (χ4v) is 2.55. The van der Waals surface area contributed by atoms with Crippen LogP contribution in [0, 0.1) is 0 Å². The number of nitrogens with one attached hydrogen (secondary N) is 1. The molecule has 1 aromatic heterocycles. The Labute approximate surface area is 116 Å². The van der Waals surface area contributed by atoms with E-state index in [1.807, 2.05) is 42.6 Å². The molecule has 0 fully saturated rings. The lowest BCUT2D eigenvalue weighted by Gasteiger charge is -2.27. The van der Waals surface area contributed by atoms with Crippen molar-refractivity contribution >= 4 is 16.8 Å². The Hall–Kier alpha value is -2.14. The molecule has 0 spiro atoms. The summed E-state index contributed by atoms with van der Waals surface area (Å²) in [7, 11) is 0. The summed E-state index contributed by atoms with van der Waals surface area (Å²) < 4.78 is 1.63. The van der Waals surface area contributed by atoms with Gasteiger partial charge in [0.15, 0.2) is 0 Å². The van der Waals surface area contributed by atoms with Crippen molar-refractivity contribution in [2.24, 2.45) is 0 Å². The molecule has 5 heteroatoms. The van der Waals surface area contributed by atoms with Gasteiger partial charge in [0.05, 0.1) is 17.7 Å². The van der Waals surface area contributed by atoms with E-state index < -0.39 is 5.54 Å². The molecule has 1 aliphatic carbocycles. The maximum absolute atomic E-state index is 12.1. The van der Waals surface area contributed by atoms with Crippen molar-refractivity contribution in [2.75, 3.05) is 6.61 Å². The summed E-state index contributed by atoms with van der Waals surface area (Å²) in [5.74, 6) is -0.129. The predicted octanol–water partition coefficient (Wildman–Crippen LogP) is 1.23. The minimum Gasteiger partial charge on any atom is -0.394 e. The highest BCUT2D eigenvalue weighted by molar-refractivity contribution is 5.80. The first kappa shape index (κ1) is 12.9. The van der Waals surface area contributed by atoms with E-state index in [-0.39, 0.29) is 19.1 Å². The Morgan fingerprint density at radius 2 is 2.10 bits per heavy atom. The predicted molar refractivity (Wildman–Crippen MR) is 76.1 cm³/mol. The maximum Gasteiger partial charge on any atom is 0.242 e. The number of aliphatic hydroxyl groups excluding tert-OH is 1. The van der Waals surface area contributed by atoms with Crippen LogP contribution in [0.2, 0.25) is 0 Å². The number of carbonyl (C=O) groups is 1. The molecule has 0 radical (unpaired) electrons. The lowest BCUT2D eigenvalue weighted by atomic mass is 9.98. The molecule has 2 N–H and O–H groups in total. The first-order valence-corrected chi connectivity index (χ1v) is 6.70. The number of aliphatic hydroxyl groups is 1. The van der Waals surface area contributed by atoms with E-state index in [0.717, 1.165) is 10.9 Å². The molecular formula is C15H17N3O2. The monoisotopic (exact) mass is 271 g/mol. The number of hydrogen-bond donors (Lipinski definition) is 2. The molecular weight excluding hydrogens is 254 g/mol. The number of carbonyl (C=O) groups excluding carboxylic acids is 1. The third kappa shape index (κ3) is 2.44. The van der Waals surface area contributed by atoms with E-state index in [1.54, 1.807) is 4.68 Å². The van der Waals surface area contributed by atoms with Gasteiger partial charge in [0.1, 0.15) is 6.54 Å². The standard InChI is InChI=1S/C15H17N3O2/c19-11-15(7-3-4-8-15)16-14(20)10-18-9-12-5-1-2-6-13(12)17-18/h1-6,9,19H,7-8,10-11H2,(H,16,20). The molecule has 0 bridgehead atoms. The smallest absolute Gasteiger partial charge is 0.242 e. The van der Waals surface area contributed by atoms with Crippen molar-refractivity contribution in [1.29, 1.82) is 0 Å². The minimum absolute atomic E-state index is 0.0488. The first-order chi connectivity index (χ1) is 9.71. The first-order valence-electron chi connectivity index (χ1n) is 6.70. The molecule has 20 heavy (non-hydrogen) atoms. The highest BCUT2D eigenvalue weighted by Crippen LogP contribution is 2.22. The Balaban J connectivity index is 1.69. The zero-order chi connectivity index (χ0) is 14.0. The van der Waals surface area contributed by atoms with Gasteiger partial charge in [-0.1, -0.05) is 30.4 Å². The fourth-order valence-electron chi connectivity index (χ4n) is 2.55. The van der Waals surface area contributed by atoms with E-state index in [1.165, 1.54) is 0 Å². The van der Waals surface area contributed by atoms with Gasteiger partial charge in [-0.05, 0) is 18.9 Å². The summed E-state index contributed by atoms with van der Waals surface area (Å²) in [6.45, 7) is 0.114. The van der Waals surface area contributed by atoms with E-state index in [2.05, 4.69) is 10.4 Å². The largest absolute Gasteiger partial charge is 0.394 e. The molecule has 0 unspecified atom stereocenters. The van der Waals surface area contributed by atoms with Crippen molar-refractivity contribution < 1.29 is 9.90 Å². The van der Waals surface area contributed by atoms with Crippen LogP contribution in [0.1, 0.15) is 12.8 Å². The van der Waals surface area contributed by atoms with Crippen LogP contribution in [0.3, 0.4) is 0 Å². The average Bonchev–Trinajstić information content (AvgIpc) is 3.05. The Morgan fingerprint density at radius 3 is 2.80 bits per heavy atom. The van der Waals surface area contributed by atoms with Crippen LogP contribution in [-0.2, 0) is 11.3 Å². The molecule has 1 amide bonds. The average molecular weight is 271 g/mol.